The van der Waals surface area contributed by atoms with Crippen molar-refractivity contribution >= 4 is 23.2 Å². The number of nitrogens with zero attached hydrogens (tertiary/aromatic N) is 1. The first-order valence-corrected chi connectivity index (χ1v) is 4.83. The molecular formula is C10H10ClN3O2. The molecule has 0 fully saturated rings. The summed E-state index contributed by atoms with van der Waals surface area (Å²) in [6, 6.07) is 6.62. The van der Waals surface area contributed by atoms with Crippen LogP contribution in [0.2, 0.25) is 5.02 Å². The number of carbonyl (C=O) groups excluding carboxylic acids is 1. The van der Waals surface area contributed by atoms with E-state index in [1.807, 2.05) is 6.07 Å². The third-order valence-corrected chi connectivity index (χ3v) is 2.23. The molecule has 0 bridgehead atoms. The normalized spacial score (nSPS) is 11.6. The van der Waals surface area contributed by atoms with Crippen molar-refractivity contribution in [3.8, 4) is 6.07 Å². The predicted molar refractivity (Wildman–Crippen MR) is 59.9 cm³/mol. The average Bonchev–Trinajstić information content (AvgIpc) is 2.25. The summed E-state index contributed by atoms with van der Waals surface area (Å²) in [5, 5.41) is 20.9. The molecular weight excluding hydrogens is 230 g/mol. The van der Waals surface area contributed by atoms with Crippen molar-refractivity contribution in [3.63, 3.8) is 0 Å². The van der Waals surface area contributed by atoms with Crippen LogP contribution in [0.3, 0.4) is 0 Å². The lowest BCUT2D eigenvalue weighted by molar-refractivity contribution is -0.125. The Labute approximate surface area is 97.4 Å². The minimum Gasteiger partial charge on any atom is -0.382 e. The lowest BCUT2D eigenvalue weighted by Gasteiger charge is -2.10. The Morgan fingerprint density at radius 2 is 2.38 bits per heavy atom. The smallest absolute Gasteiger partial charge is 0.248 e. The number of carbonyl (C=O) groups is 1. The largest absolute Gasteiger partial charge is 0.382 e. The molecule has 1 atom stereocenters. The fraction of sp³-hybridized carbons (Fsp3) is 0.200. The summed E-state index contributed by atoms with van der Waals surface area (Å²) in [4.78, 5) is 10.6. The first-order valence-electron chi connectivity index (χ1n) is 4.45. The predicted octanol–water partition coefficient (Wildman–Crippen LogP) is 0.470. The van der Waals surface area contributed by atoms with Crippen LogP contribution in [0, 0.1) is 11.3 Å². The van der Waals surface area contributed by atoms with Gasteiger partial charge >= 0.3 is 0 Å². The molecule has 0 aromatic heterocycles. The highest BCUT2D eigenvalue weighted by molar-refractivity contribution is 6.32. The second-order valence-corrected chi connectivity index (χ2v) is 3.51. The molecule has 0 heterocycles. The van der Waals surface area contributed by atoms with Crippen molar-refractivity contribution in [2.75, 3.05) is 11.9 Å². The van der Waals surface area contributed by atoms with Gasteiger partial charge in [-0.2, -0.15) is 5.26 Å². The highest BCUT2D eigenvalue weighted by Gasteiger charge is 2.10. The molecule has 1 amide bonds. The second kappa shape index (κ2) is 5.35. The molecule has 4 N–H and O–H groups in total. The fourth-order valence-corrected chi connectivity index (χ4v) is 1.25. The number of rotatable bonds is 4. The molecule has 0 aliphatic heterocycles. The molecule has 16 heavy (non-hydrogen) atoms. The van der Waals surface area contributed by atoms with Gasteiger partial charge in [-0.05, 0) is 18.2 Å². The van der Waals surface area contributed by atoms with E-state index >= 15 is 0 Å². The zero-order valence-corrected chi connectivity index (χ0v) is 9.03. The van der Waals surface area contributed by atoms with Crippen LogP contribution in [0.4, 0.5) is 5.69 Å². The summed E-state index contributed by atoms with van der Waals surface area (Å²) < 4.78 is 0. The monoisotopic (exact) mass is 239 g/mol. The quantitative estimate of drug-likeness (QED) is 0.711. The summed E-state index contributed by atoms with van der Waals surface area (Å²) in [5.41, 5.74) is 5.84. The number of hydrogen-bond acceptors (Lipinski definition) is 4. The van der Waals surface area contributed by atoms with E-state index in [0.29, 0.717) is 16.3 Å². The fourth-order valence-electron chi connectivity index (χ4n) is 1.03. The molecule has 0 radical (unpaired) electrons. The third-order valence-electron chi connectivity index (χ3n) is 1.92. The van der Waals surface area contributed by atoms with E-state index in [-0.39, 0.29) is 6.54 Å². The molecule has 1 unspecified atom stereocenters. The Balaban J connectivity index is 2.66. The maximum Gasteiger partial charge on any atom is 0.248 e. The second-order valence-electron chi connectivity index (χ2n) is 3.11. The van der Waals surface area contributed by atoms with Crippen LogP contribution in [0.25, 0.3) is 0 Å². The van der Waals surface area contributed by atoms with Crippen LogP contribution in [-0.2, 0) is 4.79 Å². The van der Waals surface area contributed by atoms with Gasteiger partial charge in [-0.3, -0.25) is 4.79 Å². The number of benzene rings is 1. The molecule has 0 spiro atoms. The van der Waals surface area contributed by atoms with Crippen LogP contribution >= 0.6 is 11.6 Å². The minimum absolute atomic E-state index is 0.00242. The molecule has 84 valence electrons. The van der Waals surface area contributed by atoms with Gasteiger partial charge in [0.1, 0.15) is 12.2 Å². The summed E-state index contributed by atoms with van der Waals surface area (Å²) in [6.07, 6.45) is -1.26. The highest BCUT2D eigenvalue weighted by atomic mass is 35.5. The lowest BCUT2D eigenvalue weighted by atomic mass is 10.2. The van der Waals surface area contributed by atoms with E-state index in [9.17, 15) is 4.79 Å². The van der Waals surface area contributed by atoms with Gasteiger partial charge < -0.3 is 16.2 Å². The molecule has 5 nitrogen and oxygen atoms in total. The summed E-state index contributed by atoms with van der Waals surface area (Å²) >= 11 is 5.79. The summed E-state index contributed by atoms with van der Waals surface area (Å²) in [6.45, 7) is -0.00242. The average molecular weight is 240 g/mol. The van der Waals surface area contributed by atoms with E-state index in [2.05, 4.69) is 5.32 Å². The summed E-state index contributed by atoms with van der Waals surface area (Å²) in [5.74, 6) is -0.799. The number of aliphatic hydroxyl groups excluding tert-OH is 1. The molecule has 0 saturated carbocycles. The van der Waals surface area contributed by atoms with Crippen molar-refractivity contribution < 1.29 is 9.90 Å². The maximum absolute atomic E-state index is 10.6. The van der Waals surface area contributed by atoms with Crippen molar-refractivity contribution in [1.29, 1.82) is 5.26 Å². The third kappa shape index (κ3) is 3.12. The van der Waals surface area contributed by atoms with Crippen LogP contribution in [-0.4, -0.2) is 23.7 Å². The number of anilines is 1. The Morgan fingerprint density at radius 3 is 2.88 bits per heavy atom. The van der Waals surface area contributed by atoms with E-state index in [1.54, 1.807) is 12.1 Å². The number of hydrogen-bond donors (Lipinski definition) is 3. The van der Waals surface area contributed by atoms with Crippen LogP contribution in [0.5, 0.6) is 0 Å². The Morgan fingerprint density at radius 1 is 1.69 bits per heavy atom. The topological polar surface area (TPSA) is 99.1 Å². The number of halogens is 1. The van der Waals surface area contributed by atoms with Crippen molar-refractivity contribution in [3.05, 3.63) is 28.8 Å². The minimum atomic E-state index is -1.26. The number of nitrogens with two attached hydrogens (primary N) is 1. The van der Waals surface area contributed by atoms with E-state index in [1.165, 1.54) is 6.07 Å². The highest BCUT2D eigenvalue weighted by Crippen LogP contribution is 2.19. The van der Waals surface area contributed by atoms with Gasteiger partial charge in [-0.15, -0.1) is 0 Å². The van der Waals surface area contributed by atoms with Crippen molar-refractivity contribution in [2.45, 2.75) is 6.10 Å². The molecule has 1 aromatic carbocycles. The Kier molecular flexibility index (Phi) is 4.11. The first-order chi connectivity index (χ1) is 7.54. The van der Waals surface area contributed by atoms with Crippen molar-refractivity contribution in [2.24, 2.45) is 5.73 Å². The molecule has 0 aliphatic rings. The SMILES string of the molecule is N#Cc1ccc(NCC(O)C(N)=O)cc1Cl. The van der Waals surface area contributed by atoms with Crippen LogP contribution in [0.15, 0.2) is 18.2 Å². The molecule has 0 saturated heterocycles. The Hall–Kier alpha value is -1.77. The van der Waals surface area contributed by atoms with E-state index in [0.717, 1.165) is 0 Å². The molecule has 1 aromatic rings. The number of amides is 1. The zero-order chi connectivity index (χ0) is 12.1. The number of nitrogens with one attached hydrogen (secondary N) is 1. The molecule has 1 rings (SSSR count). The van der Waals surface area contributed by atoms with Gasteiger partial charge in [0.05, 0.1) is 10.6 Å². The van der Waals surface area contributed by atoms with Crippen LogP contribution < -0.4 is 11.1 Å². The van der Waals surface area contributed by atoms with Gasteiger partial charge in [0.15, 0.2) is 0 Å². The van der Waals surface area contributed by atoms with Gasteiger partial charge in [0.25, 0.3) is 0 Å². The molecule has 0 aliphatic carbocycles. The summed E-state index contributed by atoms with van der Waals surface area (Å²) in [7, 11) is 0. The molecule has 6 heteroatoms. The van der Waals surface area contributed by atoms with E-state index < -0.39 is 12.0 Å². The Bertz CT molecular complexity index is 442. The van der Waals surface area contributed by atoms with Gasteiger partial charge in [0, 0.05) is 12.2 Å². The number of primary amides is 1. The van der Waals surface area contributed by atoms with Gasteiger partial charge in [0.2, 0.25) is 5.91 Å². The first kappa shape index (κ1) is 12.3. The van der Waals surface area contributed by atoms with Gasteiger partial charge in [-0.1, -0.05) is 11.6 Å². The van der Waals surface area contributed by atoms with Crippen LogP contribution in [0.1, 0.15) is 5.56 Å². The zero-order valence-electron chi connectivity index (χ0n) is 8.27. The standard InChI is InChI=1S/C10H10ClN3O2/c11-8-3-7(2-1-6(8)4-12)14-5-9(15)10(13)16/h1-3,9,14-15H,5H2,(H2,13,16). The van der Waals surface area contributed by atoms with Gasteiger partial charge in [-0.25, -0.2) is 0 Å². The lowest BCUT2D eigenvalue weighted by Crippen LogP contribution is -2.34. The number of nitriles is 1. The van der Waals surface area contributed by atoms with E-state index in [4.69, 9.17) is 27.7 Å². The maximum atomic E-state index is 10.6. The van der Waals surface area contributed by atoms with Crippen molar-refractivity contribution in [1.82, 2.24) is 0 Å². The number of aliphatic hydroxyl groups is 1.